The SMILES string of the molecule is C/C=C/C(=O)N(c1ccc2nc(Nc3ccc(OCc4ccccn4)c(Br)c3)sc2c1)N1CCOCC1. The number of aromatic nitrogens is 2. The first-order chi connectivity index (χ1) is 18.1. The Morgan fingerprint density at radius 2 is 2.08 bits per heavy atom. The fraction of sp³-hybridized carbons (Fsp3) is 0.222. The van der Waals surface area contributed by atoms with E-state index < -0.39 is 0 Å². The largest absolute Gasteiger partial charge is 0.486 e. The number of rotatable bonds is 8. The van der Waals surface area contributed by atoms with Crippen LogP contribution in [-0.2, 0) is 16.1 Å². The van der Waals surface area contributed by atoms with E-state index in [1.807, 2.05) is 66.5 Å². The van der Waals surface area contributed by atoms with E-state index in [0.717, 1.165) is 42.6 Å². The third-order valence-electron chi connectivity index (χ3n) is 5.69. The second kappa shape index (κ2) is 11.8. The van der Waals surface area contributed by atoms with Gasteiger partial charge in [0.15, 0.2) is 5.13 Å². The van der Waals surface area contributed by atoms with Crippen LogP contribution < -0.4 is 15.1 Å². The first-order valence-electron chi connectivity index (χ1n) is 11.9. The number of pyridine rings is 1. The van der Waals surface area contributed by atoms with Gasteiger partial charge in [-0.3, -0.25) is 9.78 Å². The van der Waals surface area contributed by atoms with Crippen LogP contribution in [-0.4, -0.2) is 47.2 Å². The van der Waals surface area contributed by atoms with E-state index in [0.29, 0.717) is 32.9 Å². The molecule has 8 nitrogen and oxygen atoms in total. The third kappa shape index (κ3) is 6.16. The Kier molecular flexibility index (Phi) is 8.10. The lowest BCUT2D eigenvalue weighted by Gasteiger charge is -2.36. The zero-order valence-electron chi connectivity index (χ0n) is 20.3. The minimum absolute atomic E-state index is 0.0816. The molecule has 1 fully saturated rings. The minimum Gasteiger partial charge on any atom is -0.486 e. The standard InChI is InChI=1S/C27H26BrN5O3S/c1-2-5-26(34)33(32-12-14-35-15-13-32)21-8-9-23-25(17-21)37-27(31-23)30-19-7-10-24(22(28)16-19)36-18-20-6-3-4-11-29-20/h2-11,16-17H,12-15,18H2,1H3,(H,30,31)/b5-2+. The van der Waals surface area contributed by atoms with Crippen molar-refractivity contribution < 1.29 is 14.3 Å². The molecule has 0 bridgehead atoms. The molecule has 1 saturated heterocycles. The summed E-state index contributed by atoms with van der Waals surface area (Å²) in [5, 5.41) is 7.91. The highest BCUT2D eigenvalue weighted by Crippen LogP contribution is 2.34. The molecular weight excluding hydrogens is 554 g/mol. The second-order valence-corrected chi connectivity index (χ2v) is 10.2. The normalized spacial score (nSPS) is 14.2. The molecule has 3 heterocycles. The number of allylic oxidation sites excluding steroid dienone is 1. The lowest BCUT2D eigenvalue weighted by atomic mass is 10.2. The number of nitrogens with one attached hydrogen (secondary N) is 1. The Morgan fingerprint density at radius 1 is 1.22 bits per heavy atom. The number of amides is 1. The summed E-state index contributed by atoms with van der Waals surface area (Å²) in [5.74, 6) is 0.654. The predicted molar refractivity (Wildman–Crippen MR) is 150 cm³/mol. The molecule has 5 rings (SSSR count). The summed E-state index contributed by atoms with van der Waals surface area (Å²) in [7, 11) is 0. The summed E-state index contributed by atoms with van der Waals surface area (Å²) >= 11 is 5.14. The number of halogens is 1. The monoisotopic (exact) mass is 579 g/mol. The molecule has 4 aromatic rings. The maximum Gasteiger partial charge on any atom is 0.265 e. The zero-order chi connectivity index (χ0) is 25.6. The van der Waals surface area contributed by atoms with Crippen molar-refractivity contribution in [2.45, 2.75) is 13.5 Å². The Bertz CT molecular complexity index is 1410. The van der Waals surface area contributed by atoms with E-state index in [9.17, 15) is 4.79 Å². The topological polar surface area (TPSA) is 79.8 Å². The molecule has 2 aromatic carbocycles. The Morgan fingerprint density at radius 3 is 2.84 bits per heavy atom. The summed E-state index contributed by atoms with van der Waals surface area (Å²) in [6.45, 7) is 4.75. The molecule has 1 aliphatic heterocycles. The van der Waals surface area contributed by atoms with Gasteiger partial charge in [-0.05, 0) is 71.4 Å². The fourth-order valence-corrected chi connectivity index (χ4v) is 5.36. The van der Waals surface area contributed by atoms with Crippen molar-refractivity contribution in [1.29, 1.82) is 0 Å². The smallest absolute Gasteiger partial charge is 0.265 e. The van der Waals surface area contributed by atoms with Crippen molar-refractivity contribution in [1.82, 2.24) is 15.0 Å². The van der Waals surface area contributed by atoms with Gasteiger partial charge in [-0.1, -0.05) is 23.5 Å². The Balaban J connectivity index is 1.32. The zero-order valence-corrected chi connectivity index (χ0v) is 22.7. The van der Waals surface area contributed by atoms with E-state index in [1.165, 1.54) is 11.3 Å². The van der Waals surface area contributed by atoms with Gasteiger partial charge in [-0.15, -0.1) is 0 Å². The highest BCUT2D eigenvalue weighted by atomic mass is 79.9. The van der Waals surface area contributed by atoms with E-state index in [2.05, 4.69) is 26.2 Å². The molecule has 0 radical (unpaired) electrons. The van der Waals surface area contributed by atoms with Crippen molar-refractivity contribution in [2.75, 3.05) is 36.6 Å². The van der Waals surface area contributed by atoms with Crippen LogP contribution in [0.4, 0.5) is 16.5 Å². The number of carbonyl (C=O) groups excluding carboxylic acids is 1. The maximum absolute atomic E-state index is 12.9. The van der Waals surface area contributed by atoms with Crippen LogP contribution in [0.2, 0.25) is 0 Å². The van der Waals surface area contributed by atoms with Crippen LogP contribution in [0.3, 0.4) is 0 Å². The van der Waals surface area contributed by atoms with Gasteiger partial charge in [0.05, 0.1) is 39.3 Å². The first-order valence-corrected chi connectivity index (χ1v) is 13.5. The number of carbonyl (C=O) groups is 1. The molecule has 0 aliphatic carbocycles. The van der Waals surface area contributed by atoms with Gasteiger partial charge >= 0.3 is 0 Å². The highest BCUT2D eigenvalue weighted by Gasteiger charge is 2.24. The van der Waals surface area contributed by atoms with E-state index >= 15 is 0 Å². The Hall–Kier alpha value is -3.31. The van der Waals surface area contributed by atoms with Gasteiger partial charge in [0.1, 0.15) is 12.4 Å². The lowest BCUT2D eigenvalue weighted by molar-refractivity contribution is -0.118. The number of nitrogens with zero attached hydrogens (tertiary/aromatic N) is 4. The molecule has 1 amide bonds. The van der Waals surface area contributed by atoms with Crippen LogP contribution in [0.1, 0.15) is 12.6 Å². The average Bonchev–Trinajstić information content (AvgIpc) is 3.31. The lowest BCUT2D eigenvalue weighted by Crippen LogP contribution is -2.51. The number of hydrogen-bond donors (Lipinski definition) is 1. The quantitative estimate of drug-likeness (QED) is 0.259. The number of hydrogen-bond acceptors (Lipinski definition) is 8. The van der Waals surface area contributed by atoms with E-state index in [-0.39, 0.29) is 5.91 Å². The number of ether oxygens (including phenoxy) is 2. The summed E-state index contributed by atoms with van der Waals surface area (Å²) in [6, 6.07) is 17.5. The number of morpholine rings is 1. The third-order valence-corrected chi connectivity index (χ3v) is 7.24. The fourth-order valence-electron chi connectivity index (χ4n) is 3.95. The van der Waals surface area contributed by atoms with Gasteiger partial charge in [-0.2, -0.15) is 0 Å². The molecule has 2 aromatic heterocycles. The van der Waals surface area contributed by atoms with Crippen molar-refractivity contribution in [3.05, 3.63) is 83.1 Å². The average molecular weight is 581 g/mol. The number of anilines is 3. The van der Waals surface area contributed by atoms with Crippen LogP contribution >= 0.6 is 27.3 Å². The van der Waals surface area contributed by atoms with Crippen molar-refractivity contribution in [3.8, 4) is 5.75 Å². The molecule has 1 N–H and O–H groups in total. The number of fused-ring (bicyclic) bond motifs is 1. The molecule has 37 heavy (non-hydrogen) atoms. The summed E-state index contributed by atoms with van der Waals surface area (Å²) in [5.41, 5.74) is 3.43. The number of thiazole rings is 1. The maximum atomic E-state index is 12.9. The van der Waals surface area contributed by atoms with Gasteiger partial charge in [0.25, 0.3) is 5.91 Å². The van der Waals surface area contributed by atoms with Crippen LogP contribution in [0.15, 0.2) is 77.4 Å². The van der Waals surface area contributed by atoms with Gasteiger partial charge in [0.2, 0.25) is 0 Å². The molecule has 190 valence electrons. The van der Waals surface area contributed by atoms with Crippen molar-refractivity contribution in [3.63, 3.8) is 0 Å². The van der Waals surface area contributed by atoms with E-state index in [4.69, 9.17) is 14.5 Å². The highest BCUT2D eigenvalue weighted by molar-refractivity contribution is 9.10. The van der Waals surface area contributed by atoms with Crippen LogP contribution in [0.5, 0.6) is 5.75 Å². The van der Waals surface area contributed by atoms with Crippen molar-refractivity contribution >= 4 is 59.9 Å². The Labute approximate surface area is 227 Å². The van der Waals surface area contributed by atoms with Crippen LogP contribution in [0.25, 0.3) is 10.2 Å². The first kappa shape index (κ1) is 25.3. The number of hydrazine groups is 1. The van der Waals surface area contributed by atoms with Gasteiger partial charge < -0.3 is 14.8 Å². The molecule has 0 spiro atoms. The molecule has 0 atom stereocenters. The van der Waals surface area contributed by atoms with Gasteiger partial charge in [-0.25, -0.2) is 15.0 Å². The molecule has 0 unspecified atom stereocenters. The second-order valence-electron chi connectivity index (χ2n) is 8.27. The summed E-state index contributed by atoms with van der Waals surface area (Å²) in [6.07, 6.45) is 5.10. The van der Waals surface area contributed by atoms with E-state index in [1.54, 1.807) is 23.4 Å². The predicted octanol–water partition coefficient (Wildman–Crippen LogP) is 5.93. The summed E-state index contributed by atoms with van der Waals surface area (Å²) in [4.78, 5) is 21.9. The molecule has 1 aliphatic rings. The minimum atomic E-state index is -0.0816. The molecule has 10 heteroatoms. The van der Waals surface area contributed by atoms with Gasteiger partial charge in [0, 0.05) is 31.0 Å². The van der Waals surface area contributed by atoms with Crippen molar-refractivity contribution in [2.24, 2.45) is 0 Å². The summed E-state index contributed by atoms with van der Waals surface area (Å²) < 4.78 is 13.2. The number of benzene rings is 2. The van der Waals surface area contributed by atoms with Crippen LogP contribution in [0, 0.1) is 0 Å². The molecular formula is C27H26BrN5O3S. The molecule has 0 saturated carbocycles.